The molecule has 0 aliphatic heterocycles. The molecule has 4 unspecified atom stereocenters. The molecule has 78 valence electrons. The highest BCUT2D eigenvalue weighted by atomic mass is 14.5. The van der Waals surface area contributed by atoms with Gasteiger partial charge < -0.3 is 0 Å². The van der Waals surface area contributed by atoms with Gasteiger partial charge in [0, 0.05) is 0 Å². The second-order valence-corrected chi connectivity index (χ2v) is 5.36. The van der Waals surface area contributed by atoms with Crippen LogP contribution in [0.15, 0.2) is 0 Å². The quantitative estimate of drug-likeness (QED) is 0.593. The van der Waals surface area contributed by atoms with Gasteiger partial charge in [-0.15, -0.1) is 0 Å². The van der Waals surface area contributed by atoms with E-state index in [0.717, 1.165) is 29.6 Å². The van der Waals surface area contributed by atoms with Crippen LogP contribution < -0.4 is 0 Å². The van der Waals surface area contributed by atoms with Gasteiger partial charge in [0.2, 0.25) is 0 Å². The van der Waals surface area contributed by atoms with Gasteiger partial charge in [-0.05, 0) is 36.0 Å². The summed E-state index contributed by atoms with van der Waals surface area (Å²) in [6.45, 7) is 12.0. The molecular formula is C13H26. The van der Waals surface area contributed by atoms with Crippen molar-refractivity contribution in [3.63, 3.8) is 0 Å². The van der Waals surface area contributed by atoms with Crippen LogP contribution in [0.5, 0.6) is 0 Å². The summed E-state index contributed by atoms with van der Waals surface area (Å²) in [5, 5.41) is 0. The summed E-state index contributed by atoms with van der Waals surface area (Å²) < 4.78 is 0. The molecule has 0 aromatic heterocycles. The van der Waals surface area contributed by atoms with Gasteiger partial charge in [-0.25, -0.2) is 0 Å². The summed E-state index contributed by atoms with van der Waals surface area (Å²) in [4.78, 5) is 0. The van der Waals surface area contributed by atoms with Crippen LogP contribution in [0.4, 0.5) is 0 Å². The molecule has 4 atom stereocenters. The maximum Gasteiger partial charge on any atom is -0.0355 e. The molecule has 0 N–H and O–H groups in total. The Morgan fingerprint density at radius 1 is 1.00 bits per heavy atom. The van der Waals surface area contributed by atoms with Gasteiger partial charge in [0.05, 0.1) is 0 Å². The largest absolute Gasteiger partial charge is 0.0654 e. The van der Waals surface area contributed by atoms with Crippen molar-refractivity contribution in [2.45, 2.75) is 53.9 Å². The Kier molecular flexibility index (Phi) is 3.82. The molecular weight excluding hydrogens is 156 g/mol. The van der Waals surface area contributed by atoms with Crippen LogP contribution in [0, 0.1) is 29.6 Å². The van der Waals surface area contributed by atoms with Crippen LogP contribution in [0.3, 0.4) is 0 Å². The summed E-state index contributed by atoms with van der Waals surface area (Å²) in [6, 6.07) is 0. The second kappa shape index (κ2) is 4.48. The van der Waals surface area contributed by atoms with E-state index in [1.165, 1.54) is 19.3 Å². The molecule has 1 aliphatic rings. The average molecular weight is 182 g/mol. The van der Waals surface area contributed by atoms with E-state index in [9.17, 15) is 0 Å². The Balaban J connectivity index is 2.21. The van der Waals surface area contributed by atoms with Crippen molar-refractivity contribution in [3.05, 3.63) is 0 Å². The third kappa shape index (κ3) is 2.72. The van der Waals surface area contributed by atoms with Gasteiger partial charge >= 0.3 is 0 Å². The number of hydrogen-bond donors (Lipinski definition) is 0. The first-order chi connectivity index (χ1) is 6.07. The lowest BCUT2D eigenvalue weighted by atomic mass is 9.87. The topological polar surface area (TPSA) is 0 Å². The summed E-state index contributed by atoms with van der Waals surface area (Å²) in [5.41, 5.74) is 0. The fourth-order valence-electron chi connectivity index (χ4n) is 2.60. The van der Waals surface area contributed by atoms with Crippen LogP contribution in [0.25, 0.3) is 0 Å². The molecule has 1 saturated carbocycles. The van der Waals surface area contributed by atoms with E-state index in [-0.39, 0.29) is 0 Å². The van der Waals surface area contributed by atoms with Gasteiger partial charge in [0.15, 0.2) is 0 Å². The molecule has 0 bridgehead atoms. The van der Waals surface area contributed by atoms with E-state index < -0.39 is 0 Å². The molecule has 0 spiro atoms. The second-order valence-electron chi connectivity index (χ2n) is 5.36. The molecule has 0 amide bonds. The Hall–Kier alpha value is 0. The molecule has 1 fully saturated rings. The fraction of sp³-hybridized carbons (Fsp3) is 1.00. The van der Waals surface area contributed by atoms with Crippen molar-refractivity contribution in [2.75, 3.05) is 0 Å². The molecule has 0 aromatic carbocycles. The van der Waals surface area contributed by atoms with Crippen molar-refractivity contribution >= 4 is 0 Å². The molecule has 0 heterocycles. The van der Waals surface area contributed by atoms with Gasteiger partial charge in [-0.3, -0.25) is 0 Å². The molecule has 0 saturated heterocycles. The minimum absolute atomic E-state index is 0.935. The Morgan fingerprint density at radius 2 is 1.54 bits per heavy atom. The zero-order valence-corrected chi connectivity index (χ0v) is 10.0. The van der Waals surface area contributed by atoms with Crippen molar-refractivity contribution < 1.29 is 0 Å². The Bertz CT molecular complexity index is 142. The third-order valence-electron chi connectivity index (χ3n) is 4.40. The van der Waals surface area contributed by atoms with Gasteiger partial charge in [0.1, 0.15) is 0 Å². The van der Waals surface area contributed by atoms with Crippen LogP contribution in [0.2, 0.25) is 0 Å². The van der Waals surface area contributed by atoms with Crippen molar-refractivity contribution in [2.24, 2.45) is 29.6 Å². The minimum atomic E-state index is 0.935. The van der Waals surface area contributed by atoms with E-state index in [0.29, 0.717) is 0 Å². The maximum atomic E-state index is 2.44. The molecule has 1 rings (SSSR count). The minimum Gasteiger partial charge on any atom is -0.0654 e. The first-order valence-corrected chi connectivity index (χ1v) is 6.07. The van der Waals surface area contributed by atoms with Gasteiger partial charge in [0.25, 0.3) is 0 Å². The lowest BCUT2D eigenvalue weighted by molar-refractivity contribution is 0.320. The maximum absolute atomic E-state index is 2.44. The SMILES string of the molecule is CCCC(C)C(C)CC1C(C)C1C. The summed E-state index contributed by atoms with van der Waals surface area (Å²) in [7, 11) is 0. The monoisotopic (exact) mass is 182 g/mol. The highest BCUT2D eigenvalue weighted by Gasteiger charge is 2.43. The van der Waals surface area contributed by atoms with E-state index in [1.807, 2.05) is 0 Å². The first kappa shape index (κ1) is 11.1. The van der Waals surface area contributed by atoms with Crippen LogP contribution in [0.1, 0.15) is 53.9 Å². The smallest absolute Gasteiger partial charge is 0.0355 e. The van der Waals surface area contributed by atoms with Crippen molar-refractivity contribution in [1.29, 1.82) is 0 Å². The van der Waals surface area contributed by atoms with E-state index in [4.69, 9.17) is 0 Å². The van der Waals surface area contributed by atoms with E-state index >= 15 is 0 Å². The number of hydrogen-bond acceptors (Lipinski definition) is 0. The molecule has 0 nitrogen and oxygen atoms in total. The third-order valence-corrected chi connectivity index (χ3v) is 4.40. The molecule has 13 heavy (non-hydrogen) atoms. The zero-order valence-electron chi connectivity index (χ0n) is 10.0. The predicted molar refractivity (Wildman–Crippen MR) is 59.7 cm³/mol. The van der Waals surface area contributed by atoms with Crippen LogP contribution >= 0.6 is 0 Å². The van der Waals surface area contributed by atoms with Crippen molar-refractivity contribution in [3.8, 4) is 0 Å². The van der Waals surface area contributed by atoms with Crippen LogP contribution in [-0.2, 0) is 0 Å². The molecule has 0 radical (unpaired) electrons. The standard InChI is InChI=1S/C13H26/c1-6-7-9(2)10(3)8-13-11(4)12(13)5/h9-13H,6-8H2,1-5H3. The lowest BCUT2D eigenvalue weighted by Crippen LogP contribution is -2.09. The Labute approximate surface area is 84.1 Å². The summed E-state index contributed by atoms with van der Waals surface area (Å²) in [5.74, 6) is 4.95. The molecule has 0 heteroatoms. The molecule has 0 aromatic rings. The molecule has 1 aliphatic carbocycles. The zero-order chi connectivity index (χ0) is 10.0. The Morgan fingerprint density at radius 3 is 1.92 bits per heavy atom. The highest BCUT2D eigenvalue weighted by Crippen LogP contribution is 2.50. The first-order valence-electron chi connectivity index (χ1n) is 6.07. The van der Waals surface area contributed by atoms with Gasteiger partial charge in [-0.1, -0.05) is 47.5 Å². The fourth-order valence-corrected chi connectivity index (χ4v) is 2.60. The van der Waals surface area contributed by atoms with E-state index in [2.05, 4.69) is 34.6 Å². The van der Waals surface area contributed by atoms with Crippen molar-refractivity contribution in [1.82, 2.24) is 0 Å². The van der Waals surface area contributed by atoms with Gasteiger partial charge in [-0.2, -0.15) is 0 Å². The van der Waals surface area contributed by atoms with E-state index in [1.54, 1.807) is 0 Å². The normalized spacial score (nSPS) is 37.2. The predicted octanol–water partition coefficient (Wildman–Crippen LogP) is 4.35. The summed E-state index contributed by atoms with van der Waals surface area (Å²) in [6.07, 6.45) is 4.24. The van der Waals surface area contributed by atoms with Crippen LogP contribution in [-0.4, -0.2) is 0 Å². The lowest BCUT2D eigenvalue weighted by Gasteiger charge is -2.19. The number of rotatable bonds is 5. The summed E-state index contributed by atoms with van der Waals surface area (Å²) >= 11 is 0. The highest BCUT2D eigenvalue weighted by molar-refractivity contribution is 4.91. The average Bonchev–Trinajstić information content (AvgIpc) is 2.63.